The number of aryl methyl sites for hydroxylation is 2. The first-order valence-electron chi connectivity index (χ1n) is 8.65. The summed E-state index contributed by atoms with van der Waals surface area (Å²) in [4.78, 5) is 5.53. The quantitative estimate of drug-likeness (QED) is 0.629. The van der Waals surface area contributed by atoms with Gasteiger partial charge in [-0.05, 0) is 55.0 Å². The molecular formula is C21H28FNO. The third-order valence-electron chi connectivity index (χ3n) is 4.53. The zero-order valence-electron chi connectivity index (χ0n) is 15.2. The van der Waals surface area contributed by atoms with Crippen LogP contribution in [0.1, 0.15) is 41.5 Å². The summed E-state index contributed by atoms with van der Waals surface area (Å²) in [5.74, 6) is 0.0581. The van der Waals surface area contributed by atoms with Crippen LogP contribution in [0.3, 0.4) is 0 Å². The molecule has 2 aromatic carbocycles. The molecule has 0 N–H and O–H groups in total. The Labute approximate surface area is 145 Å². The van der Waals surface area contributed by atoms with Crippen LogP contribution in [-0.4, -0.2) is 25.3 Å². The Kier molecular flexibility index (Phi) is 6.95. The third kappa shape index (κ3) is 4.65. The minimum Gasteiger partial charge on any atom is -0.302 e. The lowest BCUT2D eigenvalue weighted by Gasteiger charge is -2.28. The molecule has 0 aliphatic heterocycles. The van der Waals surface area contributed by atoms with Crippen molar-refractivity contribution in [3.63, 3.8) is 0 Å². The Balaban J connectivity index is 2.36. The van der Waals surface area contributed by atoms with Crippen LogP contribution in [0.5, 0.6) is 0 Å². The predicted octanol–water partition coefficient (Wildman–Crippen LogP) is 5.04. The first-order valence-corrected chi connectivity index (χ1v) is 8.65. The molecule has 3 heteroatoms. The molecule has 1 unspecified atom stereocenters. The summed E-state index contributed by atoms with van der Waals surface area (Å²) in [5, 5.41) is 1.98. The topological polar surface area (TPSA) is 12.5 Å². The van der Waals surface area contributed by atoms with Gasteiger partial charge in [0.1, 0.15) is 5.82 Å². The number of hydrogen-bond acceptors (Lipinski definition) is 2. The SMILES string of the molecule is CCCN(CC(Cc1ccccc1F)c1c(C)cccc1C)OC. The van der Waals surface area contributed by atoms with Crippen LogP contribution < -0.4 is 0 Å². The molecular weight excluding hydrogens is 301 g/mol. The highest BCUT2D eigenvalue weighted by atomic mass is 19.1. The van der Waals surface area contributed by atoms with E-state index in [1.54, 1.807) is 13.2 Å². The monoisotopic (exact) mass is 329 g/mol. The van der Waals surface area contributed by atoms with Crippen LogP contribution in [-0.2, 0) is 11.3 Å². The zero-order chi connectivity index (χ0) is 17.5. The lowest BCUT2D eigenvalue weighted by molar-refractivity contribution is -0.134. The van der Waals surface area contributed by atoms with Crippen LogP contribution >= 0.6 is 0 Å². The third-order valence-corrected chi connectivity index (χ3v) is 4.53. The van der Waals surface area contributed by atoms with Gasteiger partial charge in [0, 0.05) is 19.0 Å². The molecule has 0 bridgehead atoms. The van der Waals surface area contributed by atoms with E-state index in [1.165, 1.54) is 22.8 Å². The molecule has 2 aromatic rings. The molecule has 0 amide bonds. The minimum atomic E-state index is -0.131. The number of hydrogen-bond donors (Lipinski definition) is 0. The first-order chi connectivity index (χ1) is 11.6. The first kappa shape index (κ1) is 18.6. The van der Waals surface area contributed by atoms with Crippen LogP contribution in [0.2, 0.25) is 0 Å². The van der Waals surface area contributed by atoms with Crippen LogP contribution in [0.15, 0.2) is 42.5 Å². The normalized spacial score (nSPS) is 12.6. The Morgan fingerprint density at radius 1 is 1.04 bits per heavy atom. The van der Waals surface area contributed by atoms with Gasteiger partial charge in [0.25, 0.3) is 0 Å². The van der Waals surface area contributed by atoms with Crippen molar-refractivity contribution in [1.82, 2.24) is 5.06 Å². The summed E-state index contributed by atoms with van der Waals surface area (Å²) in [6.07, 6.45) is 1.69. The number of benzene rings is 2. The maximum atomic E-state index is 14.2. The van der Waals surface area contributed by atoms with E-state index in [-0.39, 0.29) is 11.7 Å². The molecule has 0 fully saturated rings. The summed E-state index contributed by atoms with van der Waals surface area (Å²) >= 11 is 0. The fraction of sp³-hybridized carbons (Fsp3) is 0.429. The number of hydroxylamine groups is 2. The lowest BCUT2D eigenvalue weighted by Crippen LogP contribution is -2.30. The molecule has 0 heterocycles. The standard InChI is InChI=1S/C21H28FNO/c1-5-13-23(24-4)15-19(14-18-11-6-7-12-20(18)22)21-16(2)9-8-10-17(21)3/h6-12,19H,5,13-15H2,1-4H3. The molecule has 2 nitrogen and oxygen atoms in total. The van der Waals surface area contributed by atoms with Gasteiger partial charge in [0.05, 0.1) is 7.11 Å². The summed E-state index contributed by atoms with van der Waals surface area (Å²) in [6, 6.07) is 13.4. The number of nitrogens with zero attached hydrogens (tertiary/aromatic N) is 1. The second-order valence-electron chi connectivity index (χ2n) is 6.37. The minimum absolute atomic E-state index is 0.131. The molecule has 0 saturated heterocycles. The molecule has 0 aromatic heterocycles. The second kappa shape index (κ2) is 8.95. The van der Waals surface area contributed by atoms with E-state index in [0.717, 1.165) is 25.1 Å². The van der Waals surface area contributed by atoms with Crippen molar-refractivity contribution >= 4 is 0 Å². The highest BCUT2D eigenvalue weighted by Gasteiger charge is 2.21. The maximum absolute atomic E-state index is 14.2. The average molecular weight is 329 g/mol. The summed E-state index contributed by atoms with van der Waals surface area (Å²) in [7, 11) is 1.71. The van der Waals surface area contributed by atoms with Crippen molar-refractivity contribution in [2.75, 3.05) is 20.2 Å². The second-order valence-corrected chi connectivity index (χ2v) is 6.37. The van der Waals surface area contributed by atoms with E-state index in [9.17, 15) is 4.39 Å². The average Bonchev–Trinajstić information content (AvgIpc) is 2.56. The van der Waals surface area contributed by atoms with E-state index in [0.29, 0.717) is 6.42 Å². The van der Waals surface area contributed by atoms with Crippen molar-refractivity contribution in [3.8, 4) is 0 Å². The van der Waals surface area contributed by atoms with Gasteiger partial charge in [-0.3, -0.25) is 0 Å². The molecule has 0 aliphatic rings. The molecule has 1 atom stereocenters. The van der Waals surface area contributed by atoms with Gasteiger partial charge < -0.3 is 4.84 Å². The van der Waals surface area contributed by atoms with Gasteiger partial charge in [-0.1, -0.05) is 43.3 Å². The lowest BCUT2D eigenvalue weighted by atomic mass is 9.86. The Morgan fingerprint density at radius 3 is 2.29 bits per heavy atom. The van der Waals surface area contributed by atoms with E-state index in [4.69, 9.17) is 4.84 Å². The van der Waals surface area contributed by atoms with Crippen molar-refractivity contribution in [2.24, 2.45) is 0 Å². The van der Waals surface area contributed by atoms with E-state index < -0.39 is 0 Å². The Hall–Kier alpha value is -1.71. The van der Waals surface area contributed by atoms with Crippen LogP contribution in [0.4, 0.5) is 4.39 Å². The molecule has 130 valence electrons. The Morgan fingerprint density at radius 2 is 1.71 bits per heavy atom. The van der Waals surface area contributed by atoms with Gasteiger partial charge >= 0.3 is 0 Å². The zero-order valence-corrected chi connectivity index (χ0v) is 15.2. The largest absolute Gasteiger partial charge is 0.302 e. The molecule has 0 radical (unpaired) electrons. The van der Waals surface area contributed by atoms with Crippen molar-refractivity contribution < 1.29 is 9.23 Å². The van der Waals surface area contributed by atoms with Gasteiger partial charge in [-0.2, -0.15) is 5.06 Å². The number of rotatable bonds is 8. The molecule has 0 aliphatic carbocycles. The summed E-state index contributed by atoms with van der Waals surface area (Å²) in [6.45, 7) is 8.03. The van der Waals surface area contributed by atoms with Gasteiger partial charge in [-0.15, -0.1) is 0 Å². The van der Waals surface area contributed by atoms with Crippen molar-refractivity contribution in [1.29, 1.82) is 0 Å². The summed E-state index contributed by atoms with van der Waals surface area (Å²) in [5.41, 5.74) is 4.57. The van der Waals surface area contributed by atoms with Gasteiger partial charge in [-0.25, -0.2) is 4.39 Å². The summed E-state index contributed by atoms with van der Waals surface area (Å²) < 4.78 is 14.2. The molecule has 24 heavy (non-hydrogen) atoms. The highest BCUT2D eigenvalue weighted by molar-refractivity contribution is 5.38. The molecule has 0 saturated carbocycles. The van der Waals surface area contributed by atoms with Crippen molar-refractivity contribution in [2.45, 2.75) is 39.5 Å². The smallest absolute Gasteiger partial charge is 0.126 e. The molecule has 0 spiro atoms. The van der Waals surface area contributed by atoms with E-state index in [1.807, 2.05) is 17.2 Å². The number of halogens is 1. The molecule has 2 rings (SSSR count). The van der Waals surface area contributed by atoms with Gasteiger partial charge in [0.15, 0.2) is 0 Å². The van der Waals surface area contributed by atoms with E-state index in [2.05, 4.69) is 39.0 Å². The Bertz CT molecular complexity index is 636. The van der Waals surface area contributed by atoms with Crippen LogP contribution in [0.25, 0.3) is 0 Å². The van der Waals surface area contributed by atoms with Crippen molar-refractivity contribution in [3.05, 3.63) is 70.5 Å². The highest BCUT2D eigenvalue weighted by Crippen LogP contribution is 2.29. The van der Waals surface area contributed by atoms with Crippen LogP contribution in [0, 0.1) is 19.7 Å². The fourth-order valence-corrected chi connectivity index (χ4v) is 3.41. The fourth-order valence-electron chi connectivity index (χ4n) is 3.41. The van der Waals surface area contributed by atoms with Gasteiger partial charge in [0.2, 0.25) is 0 Å². The van der Waals surface area contributed by atoms with E-state index >= 15 is 0 Å². The predicted molar refractivity (Wildman–Crippen MR) is 97.6 cm³/mol. The maximum Gasteiger partial charge on any atom is 0.126 e.